The highest BCUT2D eigenvalue weighted by Gasteiger charge is 2.14. The molecule has 0 radical (unpaired) electrons. The van der Waals surface area contributed by atoms with Crippen molar-refractivity contribution in [3.05, 3.63) is 66.0 Å². The van der Waals surface area contributed by atoms with Gasteiger partial charge in [0.25, 0.3) is 0 Å². The first kappa shape index (κ1) is 13.6. The molecule has 0 saturated carbocycles. The lowest BCUT2D eigenvalue weighted by Gasteiger charge is -2.14. The summed E-state index contributed by atoms with van der Waals surface area (Å²) in [6.45, 7) is 2.14. The Morgan fingerprint density at radius 3 is 2.48 bits per heavy atom. The highest BCUT2D eigenvalue weighted by Crippen LogP contribution is 2.15. The molecule has 0 spiro atoms. The molecule has 0 aliphatic carbocycles. The number of hydrogen-bond donors (Lipinski definition) is 0. The number of hydrogen-bond acceptors (Lipinski definition) is 3. The van der Waals surface area contributed by atoms with E-state index in [4.69, 9.17) is 0 Å². The monoisotopic (exact) mass is 277 g/mol. The summed E-state index contributed by atoms with van der Waals surface area (Å²) < 4.78 is 0. The lowest BCUT2D eigenvalue weighted by atomic mass is 10.2. The third-order valence-corrected chi connectivity index (χ3v) is 3.52. The van der Waals surface area contributed by atoms with Crippen LogP contribution in [0.15, 0.2) is 54.7 Å². The molecule has 0 amide bonds. The number of benzene rings is 1. The Balaban J connectivity index is 1.65. The molecule has 2 aromatic rings. The first-order chi connectivity index (χ1) is 10.4. The largest absolute Gasteiger partial charge is 0.341 e. The lowest BCUT2D eigenvalue weighted by molar-refractivity contribution is 0.896. The Kier molecular flexibility index (Phi) is 4.42. The van der Waals surface area contributed by atoms with Crippen LogP contribution in [0.4, 0.5) is 5.95 Å². The van der Waals surface area contributed by atoms with Crippen LogP contribution in [0.25, 0.3) is 12.2 Å². The molecule has 0 atom stereocenters. The number of rotatable bonds is 4. The molecule has 0 unspecified atom stereocenters. The van der Waals surface area contributed by atoms with E-state index in [1.807, 2.05) is 48.7 Å². The number of nitrogens with zero attached hydrogens (tertiary/aromatic N) is 3. The third-order valence-electron chi connectivity index (χ3n) is 3.52. The fourth-order valence-corrected chi connectivity index (χ4v) is 2.41. The van der Waals surface area contributed by atoms with E-state index in [0.717, 1.165) is 24.7 Å². The maximum atomic E-state index is 4.59. The Labute approximate surface area is 125 Å². The minimum Gasteiger partial charge on any atom is -0.341 e. The molecule has 1 aromatic carbocycles. The van der Waals surface area contributed by atoms with Crippen LogP contribution in [-0.4, -0.2) is 23.1 Å². The Morgan fingerprint density at radius 2 is 1.67 bits per heavy atom. The molecule has 3 heteroatoms. The summed E-state index contributed by atoms with van der Waals surface area (Å²) in [5.74, 6) is 0.849. The van der Waals surface area contributed by atoms with E-state index in [1.54, 1.807) is 0 Å². The smallest absolute Gasteiger partial charge is 0.225 e. The molecular formula is C18H19N3. The van der Waals surface area contributed by atoms with Crippen molar-refractivity contribution in [2.24, 2.45) is 0 Å². The highest BCUT2D eigenvalue weighted by molar-refractivity contribution is 5.55. The first-order valence-electron chi connectivity index (χ1n) is 7.40. The molecule has 1 aliphatic rings. The van der Waals surface area contributed by atoms with E-state index in [-0.39, 0.29) is 0 Å². The zero-order valence-electron chi connectivity index (χ0n) is 12.0. The molecule has 1 aliphatic heterocycles. The van der Waals surface area contributed by atoms with E-state index in [2.05, 4.69) is 33.1 Å². The second-order valence-electron chi connectivity index (χ2n) is 5.10. The zero-order valence-corrected chi connectivity index (χ0v) is 12.0. The van der Waals surface area contributed by atoms with Gasteiger partial charge < -0.3 is 4.90 Å². The van der Waals surface area contributed by atoms with Gasteiger partial charge in [-0.2, -0.15) is 0 Å². The van der Waals surface area contributed by atoms with Crippen LogP contribution < -0.4 is 4.90 Å². The molecule has 1 aromatic heterocycles. The van der Waals surface area contributed by atoms with Crippen molar-refractivity contribution in [1.82, 2.24) is 9.97 Å². The van der Waals surface area contributed by atoms with Gasteiger partial charge in [0.2, 0.25) is 5.95 Å². The van der Waals surface area contributed by atoms with E-state index < -0.39 is 0 Å². The van der Waals surface area contributed by atoms with Crippen LogP contribution in [0.1, 0.15) is 24.1 Å². The molecule has 1 saturated heterocycles. The molecule has 1 fully saturated rings. The van der Waals surface area contributed by atoms with Crippen molar-refractivity contribution >= 4 is 18.1 Å². The van der Waals surface area contributed by atoms with Gasteiger partial charge in [-0.15, -0.1) is 0 Å². The molecule has 21 heavy (non-hydrogen) atoms. The summed E-state index contributed by atoms with van der Waals surface area (Å²) in [7, 11) is 0. The Bertz CT molecular complexity index is 626. The van der Waals surface area contributed by atoms with Crippen molar-refractivity contribution in [2.75, 3.05) is 18.0 Å². The van der Waals surface area contributed by atoms with Crippen molar-refractivity contribution in [3.63, 3.8) is 0 Å². The molecule has 0 N–H and O–H groups in total. The molecule has 0 bridgehead atoms. The predicted octanol–water partition coefficient (Wildman–Crippen LogP) is 3.80. The fourth-order valence-electron chi connectivity index (χ4n) is 2.41. The van der Waals surface area contributed by atoms with Gasteiger partial charge >= 0.3 is 0 Å². The summed E-state index contributed by atoms with van der Waals surface area (Å²) in [5, 5.41) is 0. The van der Waals surface area contributed by atoms with Crippen LogP contribution in [0.5, 0.6) is 0 Å². The maximum Gasteiger partial charge on any atom is 0.225 e. The fraction of sp³-hybridized carbons (Fsp3) is 0.222. The predicted molar refractivity (Wildman–Crippen MR) is 88.0 cm³/mol. The van der Waals surface area contributed by atoms with Crippen LogP contribution in [0.2, 0.25) is 0 Å². The summed E-state index contributed by atoms with van der Waals surface area (Å²) in [4.78, 5) is 11.2. The van der Waals surface area contributed by atoms with E-state index in [9.17, 15) is 0 Å². The topological polar surface area (TPSA) is 29.0 Å². The van der Waals surface area contributed by atoms with Crippen LogP contribution in [0, 0.1) is 0 Å². The zero-order chi connectivity index (χ0) is 14.3. The van der Waals surface area contributed by atoms with Gasteiger partial charge in [-0.25, -0.2) is 9.97 Å². The summed E-state index contributed by atoms with van der Waals surface area (Å²) in [5.41, 5.74) is 2.15. The molecule has 106 valence electrons. The van der Waals surface area contributed by atoms with Crippen LogP contribution >= 0.6 is 0 Å². The minimum atomic E-state index is 0.849. The molecule has 2 heterocycles. The SMILES string of the molecule is C(C=Cc1ccnc(N2CCCC2)n1)=Cc1ccccc1. The average Bonchev–Trinajstić information content (AvgIpc) is 3.07. The van der Waals surface area contributed by atoms with Gasteiger partial charge in [-0.3, -0.25) is 0 Å². The second-order valence-corrected chi connectivity index (χ2v) is 5.10. The standard InChI is InChI=1S/C18H19N3/c1-2-8-16(9-3-1)10-4-5-11-17-12-13-19-18(20-17)21-14-6-7-15-21/h1-5,8-13H,6-7,14-15H2. The molecular weight excluding hydrogens is 258 g/mol. The van der Waals surface area contributed by atoms with Gasteiger partial charge in [-0.1, -0.05) is 48.6 Å². The van der Waals surface area contributed by atoms with Crippen LogP contribution in [-0.2, 0) is 0 Å². The summed E-state index contributed by atoms with van der Waals surface area (Å²) in [6.07, 6.45) is 12.5. The maximum absolute atomic E-state index is 4.59. The quantitative estimate of drug-likeness (QED) is 0.796. The van der Waals surface area contributed by atoms with Crippen molar-refractivity contribution in [3.8, 4) is 0 Å². The van der Waals surface area contributed by atoms with Crippen molar-refractivity contribution in [1.29, 1.82) is 0 Å². The van der Waals surface area contributed by atoms with Gasteiger partial charge in [0.1, 0.15) is 0 Å². The Hall–Kier alpha value is -2.42. The van der Waals surface area contributed by atoms with Gasteiger partial charge in [0, 0.05) is 19.3 Å². The van der Waals surface area contributed by atoms with Crippen molar-refractivity contribution < 1.29 is 0 Å². The molecule has 3 nitrogen and oxygen atoms in total. The van der Waals surface area contributed by atoms with Gasteiger partial charge in [0.05, 0.1) is 5.69 Å². The van der Waals surface area contributed by atoms with Gasteiger partial charge in [-0.05, 0) is 30.5 Å². The number of aromatic nitrogens is 2. The minimum absolute atomic E-state index is 0.849. The van der Waals surface area contributed by atoms with Gasteiger partial charge in [0.15, 0.2) is 0 Å². The Morgan fingerprint density at radius 1 is 0.905 bits per heavy atom. The van der Waals surface area contributed by atoms with E-state index in [1.165, 1.54) is 18.4 Å². The third kappa shape index (κ3) is 3.78. The number of allylic oxidation sites excluding steroid dienone is 2. The lowest BCUT2D eigenvalue weighted by Crippen LogP contribution is -2.20. The van der Waals surface area contributed by atoms with E-state index >= 15 is 0 Å². The normalized spacial score (nSPS) is 15.3. The second kappa shape index (κ2) is 6.84. The van der Waals surface area contributed by atoms with Crippen LogP contribution in [0.3, 0.4) is 0 Å². The highest BCUT2D eigenvalue weighted by atomic mass is 15.3. The van der Waals surface area contributed by atoms with Crippen molar-refractivity contribution in [2.45, 2.75) is 12.8 Å². The van der Waals surface area contributed by atoms with E-state index in [0.29, 0.717) is 0 Å². The molecule has 3 rings (SSSR count). The number of anilines is 1. The summed E-state index contributed by atoms with van der Waals surface area (Å²) >= 11 is 0. The first-order valence-corrected chi connectivity index (χ1v) is 7.40. The average molecular weight is 277 g/mol. The summed E-state index contributed by atoms with van der Waals surface area (Å²) in [6, 6.07) is 12.2.